The number of sulfonamides is 1. The first-order valence-corrected chi connectivity index (χ1v) is 12.4. The standard InChI is InChI=1S/C24H22FN5O3S/c25-19-10-3-4-11-20(19)34(32,33)29-16-7-5-6-15(12-16)22(31)18-13-30(17-8-1-2-9-17)24-21(18)23(26)27-14-28-24/h3-7,10-14,17,29H,1-2,8-9H2,(H2,26,27,28). The van der Waals surface area contributed by atoms with E-state index >= 15 is 0 Å². The number of halogens is 1. The Balaban J connectivity index is 1.52. The highest BCUT2D eigenvalue weighted by molar-refractivity contribution is 7.92. The minimum Gasteiger partial charge on any atom is -0.383 e. The average Bonchev–Trinajstić information content (AvgIpc) is 3.47. The van der Waals surface area contributed by atoms with Crippen molar-refractivity contribution in [1.29, 1.82) is 0 Å². The van der Waals surface area contributed by atoms with Crippen molar-refractivity contribution in [3.05, 3.63) is 78.0 Å². The van der Waals surface area contributed by atoms with E-state index in [1.54, 1.807) is 18.3 Å². The molecular formula is C24H22FN5O3S. The molecule has 0 atom stereocenters. The van der Waals surface area contributed by atoms with E-state index in [0.29, 0.717) is 16.6 Å². The van der Waals surface area contributed by atoms with E-state index < -0.39 is 20.7 Å². The lowest BCUT2D eigenvalue weighted by atomic mass is 10.0. The lowest BCUT2D eigenvalue weighted by molar-refractivity contribution is 0.104. The molecule has 0 spiro atoms. The van der Waals surface area contributed by atoms with Crippen LogP contribution < -0.4 is 10.5 Å². The highest BCUT2D eigenvalue weighted by atomic mass is 32.2. The van der Waals surface area contributed by atoms with E-state index in [2.05, 4.69) is 14.7 Å². The van der Waals surface area contributed by atoms with Crippen LogP contribution in [0.4, 0.5) is 15.9 Å². The van der Waals surface area contributed by atoms with Gasteiger partial charge in [0.1, 0.15) is 28.5 Å². The van der Waals surface area contributed by atoms with Gasteiger partial charge in [-0.3, -0.25) is 9.52 Å². The second kappa shape index (κ2) is 8.53. The zero-order valence-corrected chi connectivity index (χ0v) is 18.9. The van der Waals surface area contributed by atoms with E-state index in [4.69, 9.17) is 5.73 Å². The Morgan fingerprint density at radius 3 is 2.62 bits per heavy atom. The molecule has 10 heteroatoms. The number of fused-ring (bicyclic) bond motifs is 1. The van der Waals surface area contributed by atoms with Crippen LogP contribution in [0.15, 0.2) is 66.0 Å². The van der Waals surface area contributed by atoms with Gasteiger partial charge in [-0.25, -0.2) is 22.8 Å². The van der Waals surface area contributed by atoms with Crippen molar-refractivity contribution in [2.75, 3.05) is 10.5 Å². The summed E-state index contributed by atoms with van der Waals surface area (Å²) in [6.45, 7) is 0. The summed E-state index contributed by atoms with van der Waals surface area (Å²) >= 11 is 0. The predicted molar refractivity (Wildman–Crippen MR) is 127 cm³/mol. The summed E-state index contributed by atoms with van der Waals surface area (Å²) in [6, 6.07) is 11.4. The zero-order valence-electron chi connectivity index (χ0n) is 18.1. The van der Waals surface area contributed by atoms with Crippen LogP contribution in [0.3, 0.4) is 0 Å². The highest BCUT2D eigenvalue weighted by Gasteiger charge is 2.26. The summed E-state index contributed by atoms with van der Waals surface area (Å²) in [4.78, 5) is 21.5. The third-order valence-corrected chi connectivity index (χ3v) is 7.52. The molecule has 34 heavy (non-hydrogen) atoms. The molecule has 1 aliphatic carbocycles. The molecular weight excluding hydrogens is 457 g/mol. The number of hydrogen-bond donors (Lipinski definition) is 2. The van der Waals surface area contributed by atoms with E-state index in [9.17, 15) is 17.6 Å². The maximum absolute atomic E-state index is 14.0. The highest BCUT2D eigenvalue weighted by Crippen LogP contribution is 2.35. The molecule has 0 radical (unpaired) electrons. The first-order valence-electron chi connectivity index (χ1n) is 10.9. The fraction of sp³-hybridized carbons (Fsp3) is 0.208. The van der Waals surface area contributed by atoms with Crippen molar-refractivity contribution in [3.63, 3.8) is 0 Å². The predicted octanol–water partition coefficient (Wildman–Crippen LogP) is 4.30. The van der Waals surface area contributed by atoms with Gasteiger partial charge < -0.3 is 10.3 Å². The smallest absolute Gasteiger partial charge is 0.264 e. The second-order valence-electron chi connectivity index (χ2n) is 8.29. The lowest BCUT2D eigenvalue weighted by Crippen LogP contribution is -2.15. The van der Waals surface area contributed by atoms with Gasteiger partial charge in [0.05, 0.1) is 10.9 Å². The maximum atomic E-state index is 14.0. The number of nitrogens with two attached hydrogens (primary N) is 1. The normalized spacial score (nSPS) is 14.5. The minimum absolute atomic E-state index is 0.137. The topological polar surface area (TPSA) is 120 Å². The quantitative estimate of drug-likeness (QED) is 0.398. The molecule has 1 fully saturated rings. The fourth-order valence-electron chi connectivity index (χ4n) is 4.49. The molecule has 8 nitrogen and oxygen atoms in total. The Kier molecular flexibility index (Phi) is 5.52. The Labute approximate surface area is 195 Å². The number of hydrogen-bond acceptors (Lipinski definition) is 6. The number of anilines is 2. The van der Waals surface area contributed by atoms with Crippen molar-refractivity contribution >= 4 is 38.3 Å². The van der Waals surface area contributed by atoms with Crippen molar-refractivity contribution in [3.8, 4) is 0 Å². The molecule has 1 saturated carbocycles. The summed E-state index contributed by atoms with van der Waals surface area (Å²) in [7, 11) is -4.18. The van der Waals surface area contributed by atoms with Crippen LogP contribution in [0.25, 0.3) is 11.0 Å². The number of carbonyl (C=O) groups excluding carboxylic acids is 1. The number of ketones is 1. The van der Waals surface area contributed by atoms with Crippen LogP contribution in [0.2, 0.25) is 0 Å². The number of nitrogen functional groups attached to an aromatic ring is 1. The first kappa shape index (κ1) is 22.0. The van der Waals surface area contributed by atoms with Gasteiger partial charge >= 0.3 is 0 Å². The van der Waals surface area contributed by atoms with Gasteiger partial charge in [-0.1, -0.05) is 37.1 Å². The monoisotopic (exact) mass is 479 g/mol. The van der Waals surface area contributed by atoms with Crippen molar-refractivity contribution in [1.82, 2.24) is 14.5 Å². The average molecular weight is 480 g/mol. The van der Waals surface area contributed by atoms with Gasteiger partial charge in [0, 0.05) is 23.5 Å². The molecule has 2 heterocycles. The van der Waals surface area contributed by atoms with Crippen LogP contribution in [0.5, 0.6) is 0 Å². The van der Waals surface area contributed by atoms with Crippen LogP contribution in [0.1, 0.15) is 47.6 Å². The minimum atomic E-state index is -4.18. The lowest BCUT2D eigenvalue weighted by Gasteiger charge is -2.12. The number of nitrogens with zero attached hydrogens (tertiary/aromatic N) is 3. The molecule has 4 aromatic rings. The zero-order chi connectivity index (χ0) is 23.9. The summed E-state index contributed by atoms with van der Waals surface area (Å²) < 4.78 is 43.7. The van der Waals surface area contributed by atoms with Crippen LogP contribution >= 0.6 is 0 Å². The molecule has 5 rings (SSSR count). The van der Waals surface area contributed by atoms with Gasteiger partial charge in [-0.15, -0.1) is 0 Å². The van der Waals surface area contributed by atoms with E-state index in [1.807, 2.05) is 4.57 Å². The maximum Gasteiger partial charge on any atom is 0.264 e. The van der Waals surface area contributed by atoms with Gasteiger partial charge in [-0.05, 0) is 37.1 Å². The van der Waals surface area contributed by atoms with Gasteiger partial charge in [-0.2, -0.15) is 0 Å². The Morgan fingerprint density at radius 1 is 1.09 bits per heavy atom. The van der Waals surface area contributed by atoms with Gasteiger partial charge in [0.2, 0.25) is 0 Å². The summed E-state index contributed by atoms with van der Waals surface area (Å²) in [5.74, 6) is -0.992. The molecule has 174 valence electrons. The van der Waals surface area contributed by atoms with Crippen LogP contribution in [0, 0.1) is 5.82 Å². The summed E-state index contributed by atoms with van der Waals surface area (Å²) in [5.41, 5.74) is 7.49. The van der Waals surface area contributed by atoms with Crippen molar-refractivity contribution < 1.29 is 17.6 Å². The Hall–Kier alpha value is -3.79. The third kappa shape index (κ3) is 3.90. The van der Waals surface area contributed by atoms with Crippen LogP contribution in [-0.4, -0.2) is 28.7 Å². The van der Waals surface area contributed by atoms with Gasteiger partial charge in [0.15, 0.2) is 5.78 Å². The number of benzene rings is 2. The molecule has 0 saturated heterocycles. The number of rotatable bonds is 6. The molecule has 2 aromatic carbocycles. The molecule has 0 unspecified atom stereocenters. The number of aromatic nitrogens is 3. The second-order valence-corrected chi connectivity index (χ2v) is 9.94. The third-order valence-electron chi connectivity index (χ3n) is 6.10. The molecule has 3 N–H and O–H groups in total. The number of carbonyl (C=O) groups is 1. The summed E-state index contributed by atoms with van der Waals surface area (Å²) in [6.07, 6.45) is 7.36. The Morgan fingerprint density at radius 2 is 1.85 bits per heavy atom. The van der Waals surface area contributed by atoms with E-state index in [1.165, 1.54) is 36.7 Å². The van der Waals surface area contributed by atoms with Crippen molar-refractivity contribution in [2.45, 2.75) is 36.6 Å². The largest absolute Gasteiger partial charge is 0.383 e. The Bertz CT molecular complexity index is 1510. The summed E-state index contributed by atoms with van der Waals surface area (Å²) in [5, 5.41) is 0.483. The number of nitrogens with one attached hydrogen (secondary N) is 1. The molecule has 0 aliphatic heterocycles. The molecule has 1 aliphatic rings. The molecule has 0 amide bonds. The first-order chi connectivity index (χ1) is 16.3. The SMILES string of the molecule is Nc1ncnc2c1c(C(=O)c1cccc(NS(=O)(=O)c3ccccc3F)c1)cn2C1CCCC1. The van der Waals surface area contributed by atoms with Gasteiger partial charge in [0.25, 0.3) is 10.0 Å². The molecule has 0 bridgehead atoms. The van der Waals surface area contributed by atoms with Crippen LogP contribution in [-0.2, 0) is 10.0 Å². The molecule has 2 aromatic heterocycles. The fourth-order valence-corrected chi connectivity index (χ4v) is 5.62. The van der Waals surface area contributed by atoms with E-state index in [0.717, 1.165) is 31.7 Å². The van der Waals surface area contributed by atoms with E-state index in [-0.39, 0.29) is 28.9 Å². The van der Waals surface area contributed by atoms with Crippen molar-refractivity contribution in [2.24, 2.45) is 0 Å².